The summed E-state index contributed by atoms with van der Waals surface area (Å²) in [5.74, 6) is 0. The highest BCUT2D eigenvalue weighted by molar-refractivity contribution is 5.22. The molecule has 1 aromatic rings. The normalized spacial score (nSPS) is 9.09. The molecule has 0 bridgehead atoms. The fraction of sp³-hybridized carbons (Fsp3) is 0.250. The molecular weight excluding hydrogens is 140 g/mol. The molecule has 11 heavy (non-hydrogen) atoms. The molecular formula is C8H8N2O. The first kappa shape index (κ1) is 7.70. The van der Waals surface area contributed by atoms with Crippen molar-refractivity contribution in [1.29, 1.82) is 5.26 Å². The Labute approximate surface area is 64.9 Å². The van der Waals surface area contributed by atoms with Crippen LogP contribution in [0, 0.1) is 11.3 Å². The number of aliphatic hydroxyl groups excluding tert-OH is 1. The van der Waals surface area contributed by atoms with E-state index in [1.165, 1.54) is 0 Å². The first-order valence-electron chi connectivity index (χ1n) is 3.33. The van der Waals surface area contributed by atoms with E-state index < -0.39 is 0 Å². The van der Waals surface area contributed by atoms with Crippen LogP contribution in [0.1, 0.15) is 11.4 Å². The van der Waals surface area contributed by atoms with Gasteiger partial charge in [-0.1, -0.05) is 6.07 Å². The maximum absolute atomic E-state index is 8.56. The average molecular weight is 148 g/mol. The third-order valence-corrected chi connectivity index (χ3v) is 1.29. The zero-order chi connectivity index (χ0) is 8.10. The van der Waals surface area contributed by atoms with Crippen LogP contribution in [0.25, 0.3) is 0 Å². The number of rotatable bonds is 2. The molecule has 1 heterocycles. The molecule has 0 aliphatic carbocycles. The zero-order valence-electron chi connectivity index (χ0n) is 5.99. The lowest BCUT2D eigenvalue weighted by atomic mass is 10.2. The van der Waals surface area contributed by atoms with Crippen LogP contribution < -0.4 is 0 Å². The smallest absolute Gasteiger partial charge is 0.140 e. The number of aliphatic hydroxyl groups is 1. The van der Waals surface area contributed by atoms with Gasteiger partial charge in [-0.2, -0.15) is 5.26 Å². The first-order valence-corrected chi connectivity index (χ1v) is 3.33. The maximum Gasteiger partial charge on any atom is 0.140 e. The van der Waals surface area contributed by atoms with E-state index in [1.54, 1.807) is 18.2 Å². The van der Waals surface area contributed by atoms with Gasteiger partial charge in [0.1, 0.15) is 11.8 Å². The molecule has 0 spiro atoms. The van der Waals surface area contributed by atoms with Crippen LogP contribution in [0.4, 0.5) is 0 Å². The van der Waals surface area contributed by atoms with Gasteiger partial charge in [0.05, 0.1) is 0 Å². The molecule has 1 N–H and O–H groups in total. The number of nitriles is 1. The molecule has 0 aromatic carbocycles. The number of pyridine rings is 1. The zero-order valence-corrected chi connectivity index (χ0v) is 5.99. The van der Waals surface area contributed by atoms with Crippen LogP contribution in [-0.4, -0.2) is 16.7 Å². The molecule has 0 saturated carbocycles. The van der Waals surface area contributed by atoms with Crippen LogP contribution >= 0.6 is 0 Å². The largest absolute Gasteiger partial charge is 0.396 e. The lowest BCUT2D eigenvalue weighted by molar-refractivity contribution is 0.298. The Morgan fingerprint density at radius 1 is 1.55 bits per heavy atom. The maximum atomic E-state index is 8.56. The molecule has 3 heteroatoms. The summed E-state index contributed by atoms with van der Waals surface area (Å²) < 4.78 is 0. The van der Waals surface area contributed by atoms with Crippen LogP contribution in [0.15, 0.2) is 18.2 Å². The first-order chi connectivity index (χ1) is 5.36. The van der Waals surface area contributed by atoms with Crippen molar-refractivity contribution in [3.8, 4) is 6.07 Å². The van der Waals surface area contributed by atoms with Crippen LogP contribution in [0.5, 0.6) is 0 Å². The van der Waals surface area contributed by atoms with Crippen molar-refractivity contribution in [2.75, 3.05) is 6.61 Å². The van der Waals surface area contributed by atoms with Gasteiger partial charge in [0, 0.05) is 18.7 Å². The lowest BCUT2D eigenvalue weighted by Gasteiger charge is -1.95. The number of nitrogens with zero attached hydrogens (tertiary/aromatic N) is 2. The van der Waals surface area contributed by atoms with E-state index in [0.717, 1.165) is 5.69 Å². The van der Waals surface area contributed by atoms with Gasteiger partial charge >= 0.3 is 0 Å². The number of hydrogen-bond acceptors (Lipinski definition) is 3. The second-order valence-electron chi connectivity index (χ2n) is 2.10. The van der Waals surface area contributed by atoms with Gasteiger partial charge in [0.2, 0.25) is 0 Å². The molecule has 0 aliphatic rings. The van der Waals surface area contributed by atoms with Crippen molar-refractivity contribution in [2.45, 2.75) is 6.42 Å². The summed E-state index contributed by atoms with van der Waals surface area (Å²) in [5, 5.41) is 17.0. The second-order valence-corrected chi connectivity index (χ2v) is 2.10. The Balaban J connectivity index is 2.85. The molecule has 56 valence electrons. The van der Waals surface area contributed by atoms with Crippen molar-refractivity contribution in [1.82, 2.24) is 4.98 Å². The van der Waals surface area contributed by atoms with Crippen molar-refractivity contribution in [2.24, 2.45) is 0 Å². The summed E-state index contributed by atoms with van der Waals surface area (Å²) in [6, 6.07) is 7.12. The van der Waals surface area contributed by atoms with Crippen molar-refractivity contribution >= 4 is 0 Å². The quantitative estimate of drug-likeness (QED) is 0.664. The van der Waals surface area contributed by atoms with Gasteiger partial charge in [-0.05, 0) is 12.1 Å². The van der Waals surface area contributed by atoms with E-state index in [9.17, 15) is 0 Å². The van der Waals surface area contributed by atoms with E-state index in [1.807, 2.05) is 6.07 Å². The summed E-state index contributed by atoms with van der Waals surface area (Å²) in [6.07, 6.45) is 0.509. The van der Waals surface area contributed by atoms with Crippen molar-refractivity contribution in [3.63, 3.8) is 0 Å². The molecule has 0 amide bonds. The number of hydrogen-bond donors (Lipinski definition) is 1. The van der Waals surface area contributed by atoms with Gasteiger partial charge in [0.25, 0.3) is 0 Å². The van der Waals surface area contributed by atoms with E-state index in [2.05, 4.69) is 4.98 Å². The Bertz CT molecular complexity index is 278. The highest BCUT2D eigenvalue weighted by Crippen LogP contribution is 1.97. The predicted octanol–water partition coefficient (Wildman–Crippen LogP) is 0.488. The highest BCUT2D eigenvalue weighted by atomic mass is 16.3. The summed E-state index contributed by atoms with van der Waals surface area (Å²) in [7, 11) is 0. The summed E-state index contributed by atoms with van der Waals surface area (Å²) >= 11 is 0. The third-order valence-electron chi connectivity index (χ3n) is 1.29. The topological polar surface area (TPSA) is 56.9 Å². The minimum Gasteiger partial charge on any atom is -0.396 e. The predicted molar refractivity (Wildman–Crippen MR) is 39.7 cm³/mol. The van der Waals surface area contributed by atoms with Crippen LogP contribution in [0.2, 0.25) is 0 Å². The Morgan fingerprint density at radius 3 is 3.00 bits per heavy atom. The molecule has 0 atom stereocenters. The van der Waals surface area contributed by atoms with Gasteiger partial charge in [-0.3, -0.25) is 0 Å². The molecule has 0 saturated heterocycles. The van der Waals surface area contributed by atoms with E-state index in [0.29, 0.717) is 12.1 Å². The second kappa shape index (κ2) is 3.69. The molecule has 0 unspecified atom stereocenters. The molecule has 1 aromatic heterocycles. The Hall–Kier alpha value is -1.40. The van der Waals surface area contributed by atoms with E-state index in [4.69, 9.17) is 10.4 Å². The van der Waals surface area contributed by atoms with Crippen LogP contribution in [-0.2, 0) is 6.42 Å². The minimum absolute atomic E-state index is 0.0713. The monoisotopic (exact) mass is 148 g/mol. The number of aromatic nitrogens is 1. The molecule has 3 nitrogen and oxygen atoms in total. The van der Waals surface area contributed by atoms with Gasteiger partial charge in [-0.25, -0.2) is 4.98 Å². The lowest BCUT2D eigenvalue weighted by Crippen LogP contribution is -1.95. The standard InChI is InChI=1S/C8H8N2O/c9-6-8-3-1-2-7(10-8)4-5-11/h1-3,11H,4-5H2. The van der Waals surface area contributed by atoms with Crippen LogP contribution in [0.3, 0.4) is 0 Å². The van der Waals surface area contributed by atoms with Gasteiger partial charge in [0.15, 0.2) is 0 Å². The van der Waals surface area contributed by atoms with E-state index in [-0.39, 0.29) is 6.61 Å². The SMILES string of the molecule is N#Cc1cccc(CCO)n1. The van der Waals surface area contributed by atoms with Gasteiger partial charge in [-0.15, -0.1) is 0 Å². The summed E-state index contributed by atoms with van der Waals surface area (Å²) in [5.41, 5.74) is 1.16. The highest BCUT2D eigenvalue weighted by Gasteiger charge is 1.94. The Morgan fingerprint density at radius 2 is 2.36 bits per heavy atom. The minimum atomic E-state index is 0.0713. The molecule has 0 fully saturated rings. The fourth-order valence-electron chi connectivity index (χ4n) is 0.796. The molecule has 1 rings (SSSR count). The average Bonchev–Trinajstić information content (AvgIpc) is 2.06. The van der Waals surface area contributed by atoms with Crippen molar-refractivity contribution < 1.29 is 5.11 Å². The summed E-state index contributed by atoms with van der Waals surface area (Å²) in [4.78, 5) is 3.96. The fourth-order valence-corrected chi connectivity index (χ4v) is 0.796. The summed E-state index contributed by atoms with van der Waals surface area (Å²) in [6.45, 7) is 0.0713. The third kappa shape index (κ3) is 2.03. The molecule has 0 radical (unpaired) electrons. The van der Waals surface area contributed by atoms with Crippen molar-refractivity contribution in [3.05, 3.63) is 29.6 Å². The van der Waals surface area contributed by atoms with E-state index >= 15 is 0 Å². The molecule has 0 aliphatic heterocycles. The van der Waals surface area contributed by atoms with Gasteiger partial charge < -0.3 is 5.11 Å². The Kier molecular flexibility index (Phi) is 2.59.